The van der Waals surface area contributed by atoms with Crippen molar-refractivity contribution in [2.24, 2.45) is 0 Å². The molecule has 5 nitrogen and oxygen atoms in total. The lowest BCUT2D eigenvalue weighted by Gasteiger charge is -2.13. The van der Waals surface area contributed by atoms with E-state index < -0.39 is 0 Å². The zero-order chi connectivity index (χ0) is 15.4. The van der Waals surface area contributed by atoms with E-state index in [2.05, 4.69) is 15.8 Å². The van der Waals surface area contributed by atoms with Crippen LogP contribution < -0.4 is 10.6 Å². The van der Waals surface area contributed by atoms with Gasteiger partial charge in [0.05, 0.1) is 12.2 Å². The van der Waals surface area contributed by atoms with E-state index in [0.717, 1.165) is 17.0 Å². The number of carbonyl (C=O) groups excluding carboxylic acids is 1. The second kappa shape index (κ2) is 6.74. The number of anilines is 1. The third-order valence-corrected chi connectivity index (χ3v) is 3.43. The maximum Gasteiger partial charge on any atom is 0.238 e. The monoisotopic (exact) mass is 307 g/mol. The van der Waals surface area contributed by atoms with Crippen molar-refractivity contribution in [2.75, 3.05) is 11.9 Å². The summed E-state index contributed by atoms with van der Waals surface area (Å²) in [7, 11) is 0. The molecule has 0 aliphatic carbocycles. The van der Waals surface area contributed by atoms with Crippen molar-refractivity contribution in [2.45, 2.75) is 26.8 Å². The Morgan fingerprint density at radius 1 is 1.43 bits per heavy atom. The number of halogens is 1. The maximum atomic E-state index is 11.9. The average molecular weight is 308 g/mol. The van der Waals surface area contributed by atoms with Crippen LogP contribution in [0.3, 0.4) is 0 Å². The van der Waals surface area contributed by atoms with Crippen molar-refractivity contribution < 1.29 is 9.32 Å². The lowest BCUT2D eigenvalue weighted by molar-refractivity contribution is -0.115. The molecule has 2 rings (SSSR count). The first kappa shape index (κ1) is 15.5. The van der Waals surface area contributed by atoms with Crippen molar-refractivity contribution >= 4 is 23.2 Å². The Hall–Kier alpha value is -1.85. The number of hydrogen-bond donors (Lipinski definition) is 2. The van der Waals surface area contributed by atoms with Crippen molar-refractivity contribution in [1.82, 2.24) is 10.5 Å². The third-order valence-electron chi connectivity index (χ3n) is 3.20. The molecule has 0 spiro atoms. The first-order chi connectivity index (χ1) is 9.97. The molecule has 0 bridgehead atoms. The van der Waals surface area contributed by atoms with Crippen molar-refractivity contribution in [3.63, 3.8) is 0 Å². The van der Waals surface area contributed by atoms with E-state index in [1.807, 2.05) is 20.8 Å². The second-order valence-corrected chi connectivity index (χ2v) is 5.34. The minimum absolute atomic E-state index is 0.0126. The highest BCUT2D eigenvalue weighted by molar-refractivity contribution is 6.30. The maximum absolute atomic E-state index is 11.9. The van der Waals surface area contributed by atoms with E-state index in [0.29, 0.717) is 10.7 Å². The molecule has 0 radical (unpaired) electrons. The minimum atomic E-state index is -0.129. The predicted octanol–water partition coefficient (Wildman–Crippen LogP) is 3.23. The van der Waals surface area contributed by atoms with E-state index in [-0.39, 0.29) is 18.5 Å². The SMILES string of the molecule is Cc1noc(C)c1C(C)NCC(=O)Nc1cccc(Cl)c1. The van der Waals surface area contributed by atoms with Crippen LogP contribution in [0, 0.1) is 13.8 Å². The first-order valence-corrected chi connectivity index (χ1v) is 7.06. The highest BCUT2D eigenvalue weighted by atomic mass is 35.5. The van der Waals surface area contributed by atoms with Gasteiger partial charge in [-0.3, -0.25) is 4.79 Å². The summed E-state index contributed by atoms with van der Waals surface area (Å²) in [4.78, 5) is 11.9. The molecule has 2 N–H and O–H groups in total. The quantitative estimate of drug-likeness (QED) is 0.890. The van der Waals surface area contributed by atoms with Gasteiger partial charge in [-0.05, 0) is 39.0 Å². The number of aromatic nitrogens is 1. The first-order valence-electron chi connectivity index (χ1n) is 6.69. The molecule has 1 amide bonds. The van der Waals surface area contributed by atoms with Crippen molar-refractivity contribution in [1.29, 1.82) is 0 Å². The Labute approximate surface area is 128 Å². The summed E-state index contributed by atoms with van der Waals surface area (Å²) in [6.07, 6.45) is 0. The lowest BCUT2D eigenvalue weighted by Crippen LogP contribution is -2.30. The highest BCUT2D eigenvalue weighted by Crippen LogP contribution is 2.20. The molecule has 0 saturated heterocycles. The molecule has 1 heterocycles. The summed E-state index contributed by atoms with van der Waals surface area (Å²) < 4.78 is 5.13. The molecule has 0 aliphatic rings. The van der Waals surface area contributed by atoms with Crippen LogP contribution in [0.4, 0.5) is 5.69 Å². The molecule has 0 aliphatic heterocycles. The average Bonchev–Trinajstić information content (AvgIpc) is 2.76. The molecule has 112 valence electrons. The van der Waals surface area contributed by atoms with E-state index in [9.17, 15) is 4.79 Å². The van der Waals surface area contributed by atoms with Gasteiger partial charge in [0.25, 0.3) is 0 Å². The Balaban J connectivity index is 1.89. The minimum Gasteiger partial charge on any atom is -0.361 e. The summed E-state index contributed by atoms with van der Waals surface area (Å²) in [6.45, 7) is 5.91. The summed E-state index contributed by atoms with van der Waals surface area (Å²) in [5, 5.41) is 10.4. The van der Waals surface area contributed by atoms with Gasteiger partial charge >= 0.3 is 0 Å². The Bertz CT molecular complexity index is 620. The fraction of sp³-hybridized carbons (Fsp3) is 0.333. The van der Waals surface area contributed by atoms with Crippen molar-refractivity contribution in [3.8, 4) is 0 Å². The van der Waals surface area contributed by atoms with Gasteiger partial charge in [0, 0.05) is 22.3 Å². The molecule has 0 saturated carbocycles. The summed E-state index contributed by atoms with van der Waals surface area (Å²) in [5.74, 6) is 0.638. The predicted molar refractivity (Wildman–Crippen MR) is 82.5 cm³/mol. The van der Waals surface area contributed by atoms with Gasteiger partial charge in [-0.1, -0.05) is 22.8 Å². The summed E-state index contributed by atoms with van der Waals surface area (Å²) >= 11 is 5.87. The number of rotatable bonds is 5. The van der Waals surface area contributed by atoms with Crippen LogP contribution in [-0.2, 0) is 4.79 Å². The van der Waals surface area contributed by atoms with Crippen LogP contribution in [0.25, 0.3) is 0 Å². The van der Waals surface area contributed by atoms with Gasteiger partial charge < -0.3 is 15.2 Å². The molecule has 1 atom stereocenters. The molecular weight excluding hydrogens is 290 g/mol. The second-order valence-electron chi connectivity index (χ2n) is 4.90. The van der Waals surface area contributed by atoms with Crippen molar-refractivity contribution in [3.05, 3.63) is 46.3 Å². The van der Waals surface area contributed by atoms with Crippen LogP contribution >= 0.6 is 11.6 Å². The van der Waals surface area contributed by atoms with E-state index in [1.165, 1.54) is 0 Å². The van der Waals surface area contributed by atoms with Gasteiger partial charge in [-0.15, -0.1) is 0 Å². The molecule has 6 heteroatoms. The van der Waals surface area contributed by atoms with Gasteiger partial charge in [-0.2, -0.15) is 0 Å². The van der Waals surface area contributed by atoms with E-state index in [4.69, 9.17) is 16.1 Å². The lowest BCUT2D eigenvalue weighted by atomic mass is 10.1. The van der Waals surface area contributed by atoms with Crippen LogP contribution in [0.15, 0.2) is 28.8 Å². The number of amides is 1. The largest absolute Gasteiger partial charge is 0.361 e. The topological polar surface area (TPSA) is 67.2 Å². The number of benzene rings is 1. The Kier molecular flexibility index (Phi) is 4.98. The molecule has 2 aromatic rings. The number of nitrogens with one attached hydrogen (secondary N) is 2. The zero-order valence-corrected chi connectivity index (χ0v) is 13.0. The highest BCUT2D eigenvalue weighted by Gasteiger charge is 2.16. The molecular formula is C15H18ClN3O2. The molecule has 0 fully saturated rings. The van der Waals surface area contributed by atoms with Gasteiger partial charge in [-0.25, -0.2) is 0 Å². The number of aryl methyl sites for hydroxylation is 2. The fourth-order valence-corrected chi connectivity index (χ4v) is 2.42. The van der Waals surface area contributed by atoms with E-state index >= 15 is 0 Å². The third kappa shape index (κ3) is 4.06. The Morgan fingerprint density at radius 2 is 2.19 bits per heavy atom. The summed E-state index contributed by atoms with van der Waals surface area (Å²) in [6, 6.07) is 7.03. The smallest absolute Gasteiger partial charge is 0.238 e. The molecule has 1 aromatic heterocycles. The van der Waals surface area contributed by atoms with Crippen LogP contribution in [0.5, 0.6) is 0 Å². The standard InChI is InChI=1S/C15H18ClN3O2/c1-9(15-10(2)19-21-11(15)3)17-8-14(20)18-13-6-4-5-12(16)7-13/h4-7,9,17H,8H2,1-3H3,(H,18,20). The van der Waals surface area contributed by atoms with Crippen LogP contribution in [-0.4, -0.2) is 17.6 Å². The fourth-order valence-electron chi connectivity index (χ4n) is 2.23. The number of hydrogen-bond acceptors (Lipinski definition) is 4. The normalized spacial score (nSPS) is 12.2. The number of carbonyl (C=O) groups is 1. The zero-order valence-electron chi connectivity index (χ0n) is 12.2. The Morgan fingerprint density at radius 3 is 2.81 bits per heavy atom. The van der Waals surface area contributed by atoms with Gasteiger partial charge in [0.15, 0.2) is 0 Å². The summed E-state index contributed by atoms with van der Waals surface area (Å²) in [5.41, 5.74) is 2.51. The van der Waals surface area contributed by atoms with Gasteiger partial charge in [0.2, 0.25) is 5.91 Å². The molecule has 1 unspecified atom stereocenters. The van der Waals surface area contributed by atoms with Crippen LogP contribution in [0.2, 0.25) is 5.02 Å². The molecule has 21 heavy (non-hydrogen) atoms. The number of nitrogens with zero attached hydrogens (tertiary/aromatic N) is 1. The van der Waals surface area contributed by atoms with Gasteiger partial charge in [0.1, 0.15) is 5.76 Å². The van der Waals surface area contributed by atoms with E-state index in [1.54, 1.807) is 24.3 Å². The van der Waals surface area contributed by atoms with Crippen LogP contribution in [0.1, 0.15) is 30.0 Å². The molecule has 1 aromatic carbocycles.